The Morgan fingerprint density at radius 2 is 1.89 bits per heavy atom. The SMILES string of the molecule is CCCCOC(=O)c1ccc(NC(=O)N2CCC(NC(=O)C(F)(F)F)C2)cc1. The molecule has 0 aliphatic carbocycles. The molecule has 7 nitrogen and oxygen atoms in total. The standard InChI is InChI=1S/C18H22F3N3O4/c1-2-3-10-28-15(25)12-4-6-13(7-5-12)23-17(27)24-9-8-14(11-24)22-16(26)18(19,20)21/h4-7,14H,2-3,8-11H2,1H3,(H,22,26)(H,23,27). The highest BCUT2D eigenvalue weighted by Crippen LogP contribution is 2.18. The van der Waals surface area contributed by atoms with Gasteiger partial charge >= 0.3 is 24.1 Å². The number of ether oxygens (including phenoxy) is 1. The zero-order chi connectivity index (χ0) is 20.7. The van der Waals surface area contributed by atoms with E-state index < -0.39 is 30.1 Å². The van der Waals surface area contributed by atoms with Gasteiger partial charge in [-0.15, -0.1) is 0 Å². The predicted octanol–water partition coefficient (Wildman–Crippen LogP) is 2.93. The normalized spacial score (nSPS) is 16.6. The number of esters is 1. The Bertz CT molecular complexity index is 707. The van der Waals surface area contributed by atoms with Crippen molar-refractivity contribution in [1.82, 2.24) is 10.2 Å². The molecule has 28 heavy (non-hydrogen) atoms. The first-order valence-corrected chi connectivity index (χ1v) is 8.91. The number of hydrogen-bond acceptors (Lipinski definition) is 4. The summed E-state index contributed by atoms with van der Waals surface area (Å²) in [5.74, 6) is -2.46. The Labute approximate surface area is 160 Å². The summed E-state index contributed by atoms with van der Waals surface area (Å²) >= 11 is 0. The number of benzene rings is 1. The van der Waals surface area contributed by atoms with E-state index in [9.17, 15) is 27.6 Å². The van der Waals surface area contributed by atoms with Gasteiger partial charge in [0.25, 0.3) is 0 Å². The molecule has 1 atom stereocenters. The third kappa shape index (κ3) is 6.14. The molecule has 0 saturated carbocycles. The first-order valence-electron chi connectivity index (χ1n) is 8.91. The lowest BCUT2D eigenvalue weighted by atomic mass is 10.2. The summed E-state index contributed by atoms with van der Waals surface area (Å²) in [6, 6.07) is 4.85. The maximum absolute atomic E-state index is 12.3. The van der Waals surface area contributed by atoms with Crippen LogP contribution in [0.1, 0.15) is 36.5 Å². The van der Waals surface area contributed by atoms with Gasteiger partial charge in [0, 0.05) is 24.8 Å². The number of amides is 3. The molecule has 3 amide bonds. The predicted molar refractivity (Wildman–Crippen MR) is 94.8 cm³/mol. The highest BCUT2D eigenvalue weighted by molar-refractivity contribution is 5.92. The maximum atomic E-state index is 12.3. The number of nitrogens with zero attached hydrogens (tertiary/aromatic N) is 1. The van der Waals surface area contributed by atoms with E-state index in [1.54, 1.807) is 0 Å². The summed E-state index contributed by atoms with van der Waals surface area (Å²) < 4.78 is 41.9. The van der Waals surface area contributed by atoms with Crippen LogP contribution in [0, 0.1) is 0 Å². The second-order valence-electron chi connectivity index (χ2n) is 6.40. The van der Waals surface area contributed by atoms with E-state index in [1.165, 1.54) is 29.2 Å². The van der Waals surface area contributed by atoms with Gasteiger partial charge in [-0.2, -0.15) is 13.2 Å². The van der Waals surface area contributed by atoms with Gasteiger partial charge in [0.1, 0.15) is 0 Å². The Hall–Kier alpha value is -2.78. The molecule has 1 aliphatic heterocycles. The van der Waals surface area contributed by atoms with Crippen molar-refractivity contribution in [1.29, 1.82) is 0 Å². The van der Waals surface area contributed by atoms with Gasteiger partial charge in [0.15, 0.2) is 0 Å². The van der Waals surface area contributed by atoms with Crippen LogP contribution in [-0.4, -0.2) is 54.7 Å². The van der Waals surface area contributed by atoms with Crippen LogP contribution in [0.25, 0.3) is 0 Å². The van der Waals surface area contributed by atoms with Crippen LogP contribution in [0.15, 0.2) is 24.3 Å². The molecule has 1 aromatic carbocycles. The third-order valence-corrected chi connectivity index (χ3v) is 4.17. The maximum Gasteiger partial charge on any atom is 0.471 e. The second kappa shape index (κ2) is 9.43. The van der Waals surface area contributed by atoms with Gasteiger partial charge < -0.3 is 20.3 Å². The monoisotopic (exact) mass is 401 g/mol. The van der Waals surface area contributed by atoms with Crippen molar-refractivity contribution in [3.05, 3.63) is 29.8 Å². The lowest BCUT2D eigenvalue weighted by Gasteiger charge is -2.18. The second-order valence-corrected chi connectivity index (χ2v) is 6.40. The summed E-state index contributed by atoms with van der Waals surface area (Å²) in [6.07, 6.45) is -3.03. The topological polar surface area (TPSA) is 87.7 Å². The van der Waals surface area contributed by atoms with Gasteiger partial charge in [-0.3, -0.25) is 4.79 Å². The van der Waals surface area contributed by atoms with Crippen molar-refractivity contribution in [2.45, 2.75) is 38.4 Å². The number of hydrogen-bond donors (Lipinski definition) is 2. The molecule has 1 aromatic rings. The van der Waals surface area contributed by atoms with Crippen LogP contribution in [0.2, 0.25) is 0 Å². The molecule has 2 rings (SSSR count). The smallest absolute Gasteiger partial charge is 0.462 e. The van der Waals surface area contributed by atoms with Crippen molar-refractivity contribution >= 4 is 23.6 Å². The molecule has 2 N–H and O–H groups in total. The van der Waals surface area contributed by atoms with Crippen LogP contribution in [0.3, 0.4) is 0 Å². The molecular formula is C18H22F3N3O4. The minimum Gasteiger partial charge on any atom is -0.462 e. The van der Waals surface area contributed by atoms with Crippen LogP contribution in [0.4, 0.5) is 23.7 Å². The van der Waals surface area contributed by atoms with E-state index in [0.717, 1.165) is 12.8 Å². The molecule has 154 valence electrons. The van der Waals surface area contributed by atoms with E-state index in [4.69, 9.17) is 4.74 Å². The Balaban J connectivity index is 1.83. The quantitative estimate of drug-likeness (QED) is 0.567. The third-order valence-electron chi connectivity index (χ3n) is 4.17. The van der Waals surface area contributed by atoms with Crippen molar-refractivity contribution in [3.63, 3.8) is 0 Å². The van der Waals surface area contributed by atoms with E-state index in [1.807, 2.05) is 12.2 Å². The van der Waals surface area contributed by atoms with E-state index in [2.05, 4.69) is 5.32 Å². The Kier molecular flexibility index (Phi) is 7.24. The van der Waals surface area contributed by atoms with Crippen molar-refractivity contribution in [2.24, 2.45) is 0 Å². The molecule has 1 aliphatic rings. The first kappa shape index (κ1) is 21.5. The summed E-state index contributed by atoms with van der Waals surface area (Å²) in [7, 11) is 0. The minimum atomic E-state index is -4.95. The molecule has 0 aromatic heterocycles. The van der Waals surface area contributed by atoms with Crippen LogP contribution >= 0.6 is 0 Å². The van der Waals surface area contributed by atoms with E-state index in [0.29, 0.717) is 17.9 Å². The molecule has 1 fully saturated rings. The number of carbonyl (C=O) groups excluding carboxylic acids is 3. The van der Waals surface area contributed by atoms with Gasteiger partial charge in [-0.25, -0.2) is 9.59 Å². The number of anilines is 1. The average Bonchev–Trinajstić information content (AvgIpc) is 3.10. The molecular weight excluding hydrogens is 379 g/mol. The number of unbranched alkanes of at least 4 members (excludes halogenated alkanes) is 1. The summed E-state index contributed by atoms with van der Waals surface area (Å²) in [5.41, 5.74) is 0.781. The van der Waals surface area contributed by atoms with Crippen molar-refractivity contribution < 1.29 is 32.3 Å². The van der Waals surface area contributed by atoms with Gasteiger partial charge in [0.2, 0.25) is 0 Å². The number of carbonyl (C=O) groups is 3. The Morgan fingerprint density at radius 3 is 2.50 bits per heavy atom. The molecule has 0 radical (unpaired) electrons. The number of halogens is 3. The fraction of sp³-hybridized carbons (Fsp3) is 0.500. The summed E-state index contributed by atoms with van der Waals surface area (Å²) in [6.45, 7) is 2.53. The molecule has 1 unspecified atom stereocenters. The van der Waals surface area contributed by atoms with Crippen molar-refractivity contribution in [2.75, 3.05) is 25.0 Å². The zero-order valence-electron chi connectivity index (χ0n) is 15.3. The largest absolute Gasteiger partial charge is 0.471 e. The molecule has 1 heterocycles. The number of alkyl halides is 3. The molecule has 1 saturated heterocycles. The van der Waals surface area contributed by atoms with Crippen LogP contribution in [0.5, 0.6) is 0 Å². The summed E-state index contributed by atoms with van der Waals surface area (Å²) in [5, 5.41) is 4.48. The van der Waals surface area contributed by atoms with Gasteiger partial charge in [-0.05, 0) is 37.1 Å². The number of urea groups is 1. The van der Waals surface area contributed by atoms with E-state index >= 15 is 0 Å². The number of likely N-dealkylation sites (tertiary alicyclic amines) is 1. The first-order chi connectivity index (χ1) is 13.2. The van der Waals surface area contributed by atoms with Gasteiger partial charge in [-0.1, -0.05) is 13.3 Å². The van der Waals surface area contributed by atoms with Gasteiger partial charge in [0.05, 0.1) is 12.2 Å². The number of rotatable bonds is 6. The fourth-order valence-corrected chi connectivity index (χ4v) is 2.61. The summed E-state index contributed by atoms with van der Waals surface area (Å²) in [4.78, 5) is 36.3. The average molecular weight is 401 g/mol. The lowest BCUT2D eigenvalue weighted by Crippen LogP contribution is -2.45. The van der Waals surface area contributed by atoms with Crippen LogP contribution < -0.4 is 10.6 Å². The van der Waals surface area contributed by atoms with Crippen molar-refractivity contribution in [3.8, 4) is 0 Å². The van der Waals surface area contributed by atoms with E-state index in [-0.39, 0.29) is 19.5 Å². The minimum absolute atomic E-state index is 0.0184. The molecule has 10 heteroatoms. The molecule has 0 spiro atoms. The van der Waals surface area contributed by atoms with Crippen LogP contribution in [-0.2, 0) is 9.53 Å². The molecule has 0 bridgehead atoms. The highest BCUT2D eigenvalue weighted by Gasteiger charge is 2.41. The zero-order valence-corrected chi connectivity index (χ0v) is 15.3. The lowest BCUT2D eigenvalue weighted by molar-refractivity contribution is -0.174. The Morgan fingerprint density at radius 1 is 1.21 bits per heavy atom. The highest BCUT2D eigenvalue weighted by atomic mass is 19.4. The fourth-order valence-electron chi connectivity index (χ4n) is 2.61. The number of nitrogens with one attached hydrogen (secondary N) is 2.